The van der Waals surface area contributed by atoms with E-state index < -0.39 is 46.8 Å². The van der Waals surface area contributed by atoms with E-state index in [1.165, 1.54) is 25.6 Å². The van der Waals surface area contributed by atoms with Gasteiger partial charge < -0.3 is 26.6 Å². The number of nitrogens with two attached hydrogens (primary N) is 2. The van der Waals surface area contributed by atoms with E-state index >= 15 is 0 Å². The van der Waals surface area contributed by atoms with Crippen LogP contribution in [0, 0.1) is 11.6 Å². The second kappa shape index (κ2) is 16.6. The normalized spacial score (nSPS) is 12.4. The van der Waals surface area contributed by atoms with Gasteiger partial charge in [0.2, 0.25) is 5.88 Å². The maximum absolute atomic E-state index is 14.0. The van der Waals surface area contributed by atoms with Crippen molar-refractivity contribution in [3.63, 3.8) is 0 Å². The molecule has 0 unspecified atom stereocenters. The molecule has 0 atom stereocenters. The molecule has 12 nitrogen and oxygen atoms in total. The second-order valence-electron chi connectivity index (χ2n) is 13.4. The molecule has 0 aliphatic heterocycles. The number of alkyl halides is 6. The monoisotopic (exact) mass is 859 g/mol. The van der Waals surface area contributed by atoms with Crippen LogP contribution in [0.4, 0.5) is 35.1 Å². The van der Waals surface area contributed by atoms with Crippen molar-refractivity contribution in [2.75, 3.05) is 7.11 Å². The van der Waals surface area contributed by atoms with Crippen molar-refractivity contribution in [1.82, 2.24) is 25.4 Å². The maximum atomic E-state index is 14.0. The van der Waals surface area contributed by atoms with Gasteiger partial charge in [-0.2, -0.15) is 36.5 Å². The molecule has 3 heterocycles. The average Bonchev–Trinajstić information content (AvgIpc) is 3.95. The number of pyridine rings is 1. The number of halogens is 8. The maximum Gasteiger partial charge on any atom is 0.416 e. The molecule has 8 aromatic rings. The highest BCUT2D eigenvalue weighted by Gasteiger charge is 2.35. The number of nitrogens with zero attached hydrogens (tertiary/aromatic N) is 5. The van der Waals surface area contributed by atoms with Crippen LogP contribution in [-0.4, -0.2) is 54.6 Å². The lowest BCUT2D eigenvalue weighted by Crippen LogP contribution is -2.17. The fourth-order valence-electron chi connectivity index (χ4n) is 6.80. The van der Waals surface area contributed by atoms with E-state index in [9.17, 15) is 40.3 Å². The number of aromatic amines is 2. The molecule has 0 saturated carbocycles. The lowest BCUT2D eigenvalue weighted by Gasteiger charge is -2.19. The molecule has 0 amide bonds. The van der Waals surface area contributed by atoms with Gasteiger partial charge in [0.15, 0.2) is 23.3 Å². The van der Waals surface area contributed by atoms with Gasteiger partial charge in [0.25, 0.3) is 0 Å². The summed E-state index contributed by atoms with van der Waals surface area (Å²) in [6, 6.07) is 19.4. The molecule has 62 heavy (non-hydrogen) atoms. The number of methoxy groups -OCH3 is 1. The third-order valence-corrected chi connectivity index (χ3v) is 9.64. The molecule has 0 aliphatic carbocycles. The summed E-state index contributed by atoms with van der Waals surface area (Å²) >= 11 is 0. The van der Waals surface area contributed by atoms with E-state index in [2.05, 4.69) is 35.7 Å². The number of benzene rings is 5. The minimum Gasteiger partial charge on any atom is -0.481 e. The van der Waals surface area contributed by atoms with E-state index in [1.54, 1.807) is 54.7 Å². The molecular weight excluding hydrogens is 831 g/mol. The van der Waals surface area contributed by atoms with E-state index in [4.69, 9.17) is 21.4 Å². The number of fused-ring (bicyclic) bond motifs is 2. The highest BCUT2D eigenvalue weighted by molar-refractivity contribution is 6.09. The topological polar surface area (TPSA) is 197 Å². The highest BCUT2D eigenvalue weighted by atomic mass is 19.4. The fourth-order valence-corrected chi connectivity index (χ4v) is 6.80. The Morgan fingerprint density at radius 2 is 1.11 bits per heavy atom. The molecule has 0 fully saturated rings. The van der Waals surface area contributed by atoms with Gasteiger partial charge in [-0.3, -0.25) is 10.2 Å². The minimum atomic E-state index is -4.74. The van der Waals surface area contributed by atoms with Gasteiger partial charge in [-0.25, -0.2) is 13.8 Å². The summed E-state index contributed by atoms with van der Waals surface area (Å²) in [5.41, 5.74) is 12.3. The minimum absolute atomic E-state index is 0.0329. The summed E-state index contributed by atoms with van der Waals surface area (Å²) in [6.45, 7) is 0. The molecule has 316 valence electrons. The zero-order chi connectivity index (χ0) is 44.5. The van der Waals surface area contributed by atoms with Crippen LogP contribution in [0.1, 0.15) is 22.3 Å². The molecule has 0 bridgehead atoms. The van der Waals surface area contributed by atoms with Crippen LogP contribution in [0.15, 0.2) is 120 Å². The number of amidine groups is 2. The van der Waals surface area contributed by atoms with Crippen molar-refractivity contribution in [1.29, 1.82) is 0 Å². The molecule has 5 aromatic carbocycles. The van der Waals surface area contributed by atoms with E-state index in [0.717, 1.165) is 35.8 Å². The molecule has 0 spiro atoms. The van der Waals surface area contributed by atoms with Crippen molar-refractivity contribution >= 4 is 33.5 Å². The van der Waals surface area contributed by atoms with Crippen molar-refractivity contribution in [2.45, 2.75) is 12.4 Å². The molecule has 3 aromatic heterocycles. The van der Waals surface area contributed by atoms with Crippen LogP contribution in [0.25, 0.3) is 66.3 Å². The number of ether oxygens (including phenoxy) is 1. The number of oxime groups is 2. The Hall–Kier alpha value is -8.03. The van der Waals surface area contributed by atoms with Gasteiger partial charge in [0, 0.05) is 44.8 Å². The SMILES string of the molecule is COc1ncccc1-c1c(C(N)=NO)cc(C(F)(F)F)cc1-c1ccc2[nH]ncc2c1.NC(=NO)c1cc(C(F)(F)F)cc(-c2ccc3[nH]ncc3c2)c1-c1ccc(F)c(F)c1. The van der Waals surface area contributed by atoms with E-state index in [1.807, 2.05) is 0 Å². The van der Waals surface area contributed by atoms with Crippen molar-refractivity contribution in [3.05, 3.63) is 143 Å². The quantitative estimate of drug-likeness (QED) is 0.0299. The lowest BCUT2D eigenvalue weighted by molar-refractivity contribution is -0.138. The number of aromatic nitrogens is 5. The molecule has 0 aliphatic rings. The van der Waals surface area contributed by atoms with Crippen LogP contribution >= 0.6 is 0 Å². The van der Waals surface area contributed by atoms with Gasteiger partial charge in [0.1, 0.15) is 0 Å². The van der Waals surface area contributed by atoms with Crippen LogP contribution in [0.3, 0.4) is 0 Å². The Bertz CT molecular complexity index is 3030. The smallest absolute Gasteiger partial charge is 0.416 e. The first kappa shape index (κ1) is 42.1. The van der Waals surface area contributed by atoms with Crippen LogP contribution in [0.2, 0.25) is 0 Å². The zero-order valence-corrected chi connectivity index (χ0v) is 31.6. The summed E-state index contributed by atoms with van der Waals surface area (Å²) in [7, 11) is 1.40. The molecular formula is C42H29F8N9O3. The van der Waals surface area contributed by atoms with Crippen molar-refractivity contribution < 1.29 is 50.3 Å². The van der Waals surface area contributed by atoms with Crippen LogP contribution in [0.5, 0.6) is 5.88 Å². The third-order valence-electron chi connectivity index (χ3n) is 9.64. The number of H-pyrrole nitrogens is 2. The molecule has 20 heteroatoms. The number of nitrogens with one attached hydrogen (secondary N) is 2. The predicted molar refractivity (Wildman–Crippen MR) is 213 cm³/mol. The second-order valence-corrected chi connectivity index (χ2v) is 13.4. The molecule has 0 radical (unpaired) electrons. The zero-order valence-electron chi connectivity index (χ0n) is 31.6. The van der Waals surface area contributed by atoms with Gasteiger partial charge in [-0.05, 0) is 101 Å². The first-order valence-electron chi connectivity index (χ1n) is 17.8. The highest BCUT2D eigenvalue weighted by Crippen LogP contribution is 2.44. The number of hydrogen-bond acceptors (Lipinski definition) is 8. The van der Waals surface area contributed by atoms with Gasteiger partial charge in [-0.1, -0.05) is 28.5 Å². The van der Waals surface area contributed by atoms with Crippen molar-refractivity contribution in [2.24, 2.45) is 21.8 Å². The third kappa shape index (κ3) is 8.24. The Labute approximate surface area is 343 Å². The predicted octanol–water partition coefficient (Wildman–Crippen LogP) is 9.70. The fraction of sp³-hybridized carbons (Fsp3) is 0.0714. The van der Waals surface area contributed by atoms with E-state index in [-0.39, 0.29) is 44.8 Å². The molecule has 8 rings (SSSR count). The Morgan fingerprint density at radius 3 is 1.60 bits per heavy atom. The Morgan fingerprint density at radius 1 is 0.613 bits per heavy atom. The Balaban J connectivity index is 0.000000186. The summed E-state index contributed by atoms with van der Waals surface area (Å²) in [5.74, 6) is -3.23. The number of rotatable bonds is 7. The molecule has 0 saturated heterocycles. The average molecular weight is 860 g/mol. The summed E-state index contributed by atoms with van der Waals surface area (Å²) in [4.78, 5) is 4.14. The van der Waals surface area contributed by atoms with Gasteiger partial charge in [-0.15, -0.1) is 0 Å². The summed E-state index contributed by atoms with van der Waals surface area (Å²) < 4.78 is 115. The molecule has 8 N–H and O–H groups in total. The van der Waals surface area contributed by atoms with Crippen LogP contribution in [-0.2, 0) is 12.4 Å². The standard InChI is InChI=1S/C21H13F5N4O.C21H16F3N5O2/c22-16-3-1-11(6-17(16)23)19-14(10-2-4-18-12(5-10)9-28-29-18)7-13(21(24,25)26)8-15(19)20(27)30-31;1-31-20-14(3-2-6-26-20)18-15(11-4-5-17-12(7-11)10-27-28-17)8-13(21(22,23)24)9-16(18)19(25)29-30/h1-9,31H,(H2,27,30)(H,28,29);2-10,30H,1H3,(H2,25,29)(H,27,28). The first-order chi connectivity index (χ1) is 29.5. The Kier molecular flexibility index (Phi) is 11.2. The summed E-state index contributed by atoms with van der Waals surface area (Å²) in [6.07, 6.45) is -4.84. The largest absolute Gasteiger partial charge is 0.481 e. The lowest BCUT2D eigenvalue weighted by atomic mass is 9.87. The summed E-state index contributed by atoms with van der Waals surface area (Å²) in [5, 5.41) is 38.9. The van der Waals surface area contributed by atoms with Crippen molar-refractivity contribution in [3.8, 4) is 50.4 Å². The van der Waals surface area contributed by atoms with E-state index in [0.29, 0.717) is 39.0 Å². The van der Waals surface area contributed by atoms with Gasteiger partial charge in [0.05, 0.1) is 41.7 Å². The first-order valence-corrected chi connectivity index (χ1v) is 17.8. The van der Waals surface area contributed by atoms with Gasteiger partial charge >= 0.3 is 12.4 Å². The number of hydrogen-bond donors (Lipinski definition) is 6. The van der Waals surface area contributed by atoms with Crippen LogP contribution < -0.4 is 16.2 Å².